The highest BCUT2D eigenvalue weighted by Crippen LogP contribution is 2.40. The fraction of sp³-hybridized carbons (Fsp3) is 0.333. The van der Waals surface area contributed by atoms with Crippen LogP contribution in [0.25, 0.3) is 0 Å². The third kappa shape index (κ3) is 3.35. The highest BCUT2D eigenvalue weighted by atomic mass is 16.1. The molecule has 0 spiro atoms. The Bertz CT molecular complexity index is 676. The third-order valence-electron chi connectivity index (χ3n) is 4.57. The molecule has 3 atom stereocenters. The fourth-order valence-electron chi connectivity index (χ4n) is 3.22. The Kier molecular flexibility index (Phi) is 3.71. The predicted octanol–water partition coefficient (Wildman–Crippen LogP) is 2.31. The van der Waals surface area contributed by atoms with Gasteiger partial charge < -0.3 is 16.0 Å². The first-order chi connectivity index (χ1) is 11.3. The van der Waals surface area contributed by atoms with E-state index in [0.29, 0.717) is 18.2 Å². The van der Waals surface area contributed by atoms with Gasteiger partial charge in [-0.1, -0.05) is 0 Å². The van der Waals surface area contributed by atoms with Crippen LogP contribution in [0.3, 0.4) is 0 Å². The minimum atomic E-state index is -0.0136. The van der Waals surface area contributed by atoms with Gasteiger partial charge in [-0.25, -0.2) is 0 Å². The van der Waals surface area contributed by atoms with Gasteiger partial charge in [0.1, 0.15) is 0 Å². The molecule has 2 fully saturated rings. The van der Waals surface area contributed by atoms with Gasteiger partial charge in [0.25, 0.3) is 5.91 Å². The maximum Gasteiger partial charge on any atom is 0.251 e. The van der Waals surface area contributed by atoms with E-state index >= 15 is 0 Å². The Hall–Kier alpha value is -2.40. The molecule has 1 saturated carbocycles. The van der Waals surface area contributed by atoms with Gasteiger partial charge >= 0.3 is 0 Å². The number of aromatic nitrogens is 1. The van der Waals surface area contributed by atoms with Crippen LogP contribution in [0, 0.1) is 5.92 Å². The van der Waals surface area contributed by atoms with E-state index in [1.54, 1.807) is 12.4 Å². The number of hydrogen-bond acceptors (Lipinski definition) is 4. The van der Waals surface area contributed by atoms with Crippen LogP contribution in [-0.2, 0) is 0 Å². The number of fused-ring (bicyclic) bond motifs is 1. The second kappa shape index (κ2) is 6.01. The topological polar surface area (TPSA) is 66.1 Å². The quantitative estimate of drug-likeness (QED) is 0.793. The van der Waals surface area contributed by atoms with Crippen molar-refractivity contribution in [2.45, 2.75) is 24.9 Å². The zero-order valence-corrected chi connectivity index (χ0v) is 12.8. The number of benzene rings is 1. The molecule has 118 valence electrons. The van der Waals surface area contributed by atoms with E-state index < -0.39 is 0 Å². The summed E-state index contributed by atoms with van der Waals surface area (Å²) in [5.41, 5.74) is 2.55. The van der Waals surface area contributed by atoms with Crippen molar-refractivity contribution in [3.63, 3.8) is 0 Å². The molecule has 23 heavy (non-hydrogen) atoms. The lowest BCUT2D eigenvalue weighted by Gasteiger charge is -2.14. The number of pyridine rings is 1. The summed E-state index contributed by atoms with van der Waals surface area (Å²) in [6.45, 7) is 0.710. The van der Waals surface area contributed by atoms with Crippen molar-refractivity contribution in [2.24, 2.45) is 5.92 Å². The standard InChI is InChI=1S/C18H20N4O/c23-18(20-11-16-8-13-9-17(13)22-16)12-3-5-14(6-4-12)21-15-2-1-7-19-10-15/h1-7,10,13,16-17,21-22H,8-9,11H2,(H,20,23)/t13-,16+,17+/m1/s1. The first kappa shape index (κ1) is 14.2. The summed E-state index contributed by atoms with van der Waals surface area (Å²) >= 11 is 0. The zero-order valence-electron chi connectivity index (χ0n) is 12.8. The van der Waals surface area contributed by atoms with Gasteiger partial charge in [-0.3, -0.25) is 9.78 Å². The Balaban J connectivity index is 1.31. The maximum absolute atomic E-state index is 12.2. The summed E-state index contributed by atoms with van der Waals surface area (Å²) in [4.78, 5) is 16.3. The molecule has 2 heterocycles. The van der Waals surface area contributed by atoms with Gasteiger partial charge in [0.05, 0.1) is 11.9 Å². The average molecular weight is 308 g/mol. The number of hydrogen-bond donors (Lipinski definition) is 3. The molecule has 1 aromatic carbocycles. The molecule has 1 aliphatic carbocycles. The van der Waals surface area contributed by atoms with Crippen LogP contribution in [0.5, 0.6) is 0 Å². The molecule has 2 aliphatic rings. The van der Waals surface area contributed by atoms with Crippen molar-refractivity contribution in [3.05, 3.63) is 54.4 Å². The molecule has 1 aliphatic heterocycles. The summed E-state index contributed by atoms with van der Waals surface area (Å²) in [6, 6.07) is 12.5. The number of nitrogens with zero attached hydrogens (tertiary/aromatic N) is 1. The van der Waals surface area contributed by atoms with Crippen LogP contribution in [0.2, 0.25) is 0 Å². The highest BCUT2D eigenvalue weighted by molar-refractivity contribution is 5.94. The second-order valence-electron chi connectivity index (χ2n) is 6.36. The van der Waals surface area contributed by atoms with E-state index in [2.05, 4.69) is 20.9 Å². The van der Waals surface area contributed by atoms with Crippen molar-refractivity contribution >= 4 is 17.3 Å². The Morgan fingerprint density at radius 3 is 2.74 bits per heavy atom. The van der Waals surface area contributed by atoms with E-state index in [4.69, 9.17) is 0 Å². The SMILES string of the molecule is O=C(NC[C@@H]1C[C@@H]2C[C@@H]2N1)c1ccc(Nc2cccnc2)cc1. The summed E-state index contributed by atoms with van der Waals surface area (Å²) < 4.78 is 0. The van der Waals surface area contributed by atoms with E-state index in [-0.39, 0.29) is 5.91 Å². The lowest BCUT2D eigenvalue weighted by Crippen LogP contribution is -2.38. The van der Waals surface area contributed by atoms with Crippen molar-refractivity contribution < 1.29 is 4.79 Å². The molecule has 1 amide bonds. The number of nitrogens with one attached hydrogen (secondary N) is 3. The molecule has 0 unspecified atom stereocenters. The van der Waals surface area contributed by atoms with Crippen molar-refractivity contribution in [1.82, 2.24) is 15.6 Å². The fourth-order valence-corrected chi connectivity index (χ4v) is 3.22. The molecule has 5 heteroatoms. The number of piperidine rings is 1. The average Bonchev–Trinajstić information content (AvgIpc) is 3.20. The number of rotatable bonds is 5. The van der Waals surface area contributed by atoms with Gasteiger partial charge in [-0.2, -0.15) is 0 Å². The molecule has 1 saturated heterocycles. The summed E-state index contributed by atoms with van der Waals surface area (Å²) in [5, 5.41) is 9.81. The van der Waals surface area contributed by atoms with E-state index in [0.717, 1.165) is 23.3 Å². The van der Waals surface area contributed by atoms with E-state index in [9.17, 15) is 4.79 Å². The van der Waals surface area contributed by atoms with E-state index in [1.807, 2.05) is 36.4 Å². The van der Waals surface area contributed by atoms with Crippen LogP contribution < -0.4 is 16.0 Å². The molecule has 2 aromatic rings. The molecule has 0 bridgehead atoms. The molecule has 3 N–H and O–H groups in total. The maximum atomic E-state index is 12.2. The molecule has 4 rings (SSSR count). The van der Waals surface area contributed by atoms with Crippen LogP contribution in [-0.4, -0.2) is 29.5 Å². The zero-order chi connectivity index (χ0) is 15.6. The first-order valence-corrected chi connectivity index (χ1v) is 8.09. The minimum absolute atomic E-state index is 0.0136. The highest BCUT2D eigenvalue weighted by Gasteiger charge is 2.45. The normalized spacial score (nSPS) is 24.8. The van der Waals surface area contributed by atoms with Gasteiger partial charge in [0, 0.05) is 36.1 Å². The van der Waals surface area contributed by atoms with Crippen LogP contribution in [0.1, 0.15) is 23.2 Å². The first-order valence-electron chi connectivity index (χ1n) is 8.09. The lowest BCUT2D eigenvalue weighted by atomic mass is 10.1. The van der Waals surface area contributed by atoms with Gasteiger partial charge in [-0.05, 0) is 55.2 Å². The van der Waals surface area contributed by atoms with Crippen LogP contribution in [0.15, 0.2) is 48.8 Å². The van der Waals surface area contributed by atoms with E-state index in [1.165, 1.54) is 12.8 Å². The van der Waals surface area contributed by atoms with Crippen LogP contribution in [0.4, 0.5) is 11.4 Å². The number of amides is 1. The van der Waals surface area contributed by atoms with Crippen molar-refractivity contribution in [1.29, 1.82) is 0 Å². The molecule has 0 radical (unpaired) electrons. The van der Waals surface area contributed by atoms with Crippen molar-refractivity contribution in [2.75, 3.05) is 11.9 Å². The Morgan fingerprint density at radius 2 is 2.04 bits per heavy atom. The smallest absolute Gasteiger partial charge is 0.251 e. The summed E-state index contributed by atoms with van der Waals surface area (Å²) in [6.07, 6.45) is 6.01. The second-order valence-corrected chi connectivity index (χ2v) is 6.36. The minimum Gasteiger partial charge on any atom is -0.354 e. The summed E-state index contributed by atoms with van der Waals surface area (Å²) in [7, 11) is 0. The Morgan fingerprint density at radius 1 is 1.17 bits per heavy atom. The largest absolute Gasteiger partial charge is 0.354 e. The van der Waals surface area contributed by atoms with Gasteiger partial charge in [0.2, 0.25) is 0 Å². The number of carbonyl (C=O) groups excluding carboxylic acids is 1. The number of anilines is 2. The molecule has 5 nitrogen and oxygen atoms in total. The van der Waals surface area contributed by atoms with Crippen LogP contribution >= 0.6 is 0 Å². The van der Waals surface area contributed by atoms with Gasteiger partial charge in [0.15, 0.2) is 0 Å². The van der Waals surface area contributed by atoms with Gasteiger partial charge in [-0.15, -0.1) is 0 Å². The van der Waals surface area contributed by atoms with Crippen molar-refractivity contribution in [3.8, 4) is 0 Å². The molecular weight excluding hydrogens is 288 g/mol. The monoisotopic (exact) mass is 308 g/mol. The molecule has 1 aromatic heterocycles. The predicted molar refractivity (Wildman–Crippen MR) is 89.7 cm³/mol. The lowest BCUT2D eigenvalue weighted by molar-refractivity contribution is 0.0949. The number of carbonyl (C=O) groups is 1. The third-order valence-corrected chi connectivity index (χ3v) is 4.57. The molecular formula is C18H20N4O. The summed E-state index contributed by atoms with van der Waals surface area (Å²) in [5.74, 6) is 0.843. The Labute approximate surface area is 135 Å².